The molecule has 19 heavy (non-hydrogen) atoms. The summed E-state index contributed by atoms with van der Waals surface area (Å²) in [5, 5.41) is 2.83. The second-order valence-corrected chi connectivity index (χ2v) is 4.45. The van der Waals surface area contributed by atoms with E-state index in [2.05, 4.69) is 15.3 Å². The molecular formula is C13H17N5O. The fraction of sp³-hybridized carbons (Fsp3) is 0.308. The summed E-state index contributed by atoms with van der Waals surface area (Å²) in [6.45, 7) is 3.67. The maximum atomic E-state index is 11.8. The predicted octanol–water partition coefficient (Wildman–Crippen LogP) is 1.25. The second kappa shape index (κ2) is 5.62. The van der Waals surface area contributed by atoms with E-state index in [0.29, 0.717) is 11.5 Å². The summed E-state index contributed by atoms with van der Waals surface area (Å²) in [6.07, 6.45) is 5.45. The van der Waals surface area contributed by atoms with Crippen LogP contribution in [0.25, 0.3) is 5.82 Å². The monoisotopic (exact) mass is 259 g/mol. The normalized spacial score (nSPS) is 12.2. The minimum absolute atomic E-state index is 0.123. The standard InChI is InChI=1S/C13H17N5O/c1-9(14)8-12(19)17-11-4-3-5-16-13(11)18-7-6-15-10(18)2/h3-7,9H,8,14H2,1-2H3,(H,17,19). The summed E-state index contributed by atoms with van der Waals surface area (Å²) in [7, 11) is 0. The predicted molar refractivity (Wildman–Crippen MR) is 73.0 cm³/mol. The van der Waals surface area contributed by atoms with Crippen molar-refractivity contribution >= 4 is 11.6 Å². The lowest BCUT2D eigenvalue weighted by molar-refractivity contribution is -0.116. The molecule has 1 atom stereocenters. The summed E-state index contributed by atoms with van der Waals surface area (Å²) >= 11 is 0. The molecule has 100 valence electrons. The molecule has 2 aromatic rings. The molecule has 2 heterocycles. The Labute approximate surface area is 111 Å². The minimum Gasteiger partial charge on any atom is -0.327 e. The van der Waals surface area contributed by atoms with E-state index >= 15 is 0 Å². The number of pyridine rings is 1. The molecule has 0 bridgehead atoms. The van der Waals surface area contributed by atoms with Crippen molar-refractivity contribution in [2.24, 2.45) is 5.73 Å². The van der Waals surface area contributed by atoms with Gasteiger partial charge in [-0.15, -0.1) is 0 Å². The van der Waals surface area contributed by atoms with E-state index in [9.17, 15) is 4.79 Å². The highest BCUT2D eigenvalue weighted by atomic mass is 16.1. The number of imidazole rings is 1. The molecule has 2 aromatic heterocycles. The number of carbonyl (C=O) groups is 1. The van der Waals surface area contributed by atoms with Gasteiger partial charge in [0.05, 0.1) is 5.69 Å². The Morgan fingerprint density at radius 2 is 2.26 bits per heavy atom. The fourth-order valence-corrected chi connectivity index (χ4v) is 1.78. The average molecular weight is 259 g/mol. The van der Waals surface area contributed by atoms with Crippen LogP contribution in [0.1, 0.15) is 19.2 Å². The average Bonchev–Trinajstić information content (AvgIpc) is 2.75. The van der Waals surface area contributed by atoms with Gasteiger partial charge in [0.25, 0.3) is 0 Å². The maximum Gasteiger partial charge on any atom is 0.226 e. The van der Waals surface area contributed by atoms with Crippen LogP contribution in [0.3, 0.4) is 0 Å². The molecular weight excluding hydrogens is 242 g/mol. The molecule has 1 unspecified atom stereocenters. The van der Waals surface area contributed by atoms with Crippen molar-refractivity contribution in [1.29, 1.82) is 0 Å². The van der Waals surface area contributed by atoms with Crippen LogP contribution >= 0.6 is 0 Å². The van der Waals surface area contributed by atoms with Crippen molar-refractivity contribution < 1.29 is 4.79 Å². The maximum absolute atomic E-state index is 11.8. The van der Waals surface area contributed by atoms with Crippen molar-refractivity contribution in [3.05, 3.63) is 36.5 Å². The van der Waals surface area contributed by atoms with E-state index < -0.39 is 0 Å². The van der Waals surface area contributed by atoms with Crippen molar-refractivity contribution in [1.82, 2.24) is 14.5 Å². The summed E-state index contributed by atoms with van der Waals surface area (Å²) in [6, 6.07) is 3.41. The number of nitrogens with one attached hydrogen (secondary N) is 1. The van der Waals surface area contributed by atoms with E-state index in [0.717, 1.165) is 5.82 Å². The van der Waals surface area contributed by atoms with Crippen LogP contribution in [0.4, 0.5) is 5.69 Å². The molecule has 0 aliphatic carbocycles. The van der Waals surface area contributed by atoms with Gasteiger partial charge in [-0.1, -0.05) is 0 Å². The van der Waals surface area contributed by atoms with E-state index in [-0.39, 0.29) is 18.4 Å². The van der Waals surface area contributed by atoms with E-state index in [1.807, 2.05) is 11.5 Å². The molecule has 0 saturated carbocycles. The number of hydrogen-bond acceptors (Lipinski definition) is 4. The highest BCUT2D eigenvalue weighted by Crippen LogP contribution is 2.18. The van der Waals surface area contributed by atoms with Crippen LogP contribution in [-0.2, 0) is 4.79 Å². The summed E-state index contributed by atoms with van der Waals surface area (Å²) in [5.41, 5.74) is 6.26. The number of carbonyl (C=O) groups excluding carboxylic acids is 1. The van der Waals surface area contributed by atoms with Crippen LogP contribution in [0.2, 0.25) is 0 Å². The molecule has 0 aliphatic heterocycles. The molecule has 0 saturated heterocycles. The summed E-state index contributed by atoms with van der Waals surface area (Å²) < 4.78 is 1.82. The molecule has 0 fully saturated rings. The van der Waals surface area contributed by atoms with Gasteiger partial charge < -0.3 is 11.1 Å². The number of aromatic nitrogens is 3. The fourth-order valence-electron chi connectivity index (χ4n) is 1.78. The number of amides is 1. The molecule has 0 radical (unpaired) electrons. The molecule has 2 rings (SSSR count). The number of nitrogens with two attached hydrogens (primary N) is 1. The zero-order valence-corrected chi connectivity index (χ0v) is 11.0. The highest BCUT2D eigenvalue weighted by molar-refractivity contribution is 5.92. The van der Waals surface area contributed by atoms with Crippen LogP contribution in [0.5, 0.6) is 0 Å². The number of anilines is 1. The van der Waals surface area contributed by atoms with Gasteiger partial charge in [-0.25, -0.2) is 9.97 Å². The Balaban J connectivity index is 2.27. The summed E-state index contributed by atoms with van der Waals surface area (Å²) in [5.74, 6) is 1.33. The van der Waals surface area contributed by atoms with Crippen LogP contribution in [0.15, 0.2) is 30.7 Å². The first-order valence-electron chi connectivity index (χ1n) is 6.08. The number of aryl methyl sites for hydroxylation is 1. The first-order chi connectivity index (χ1) is 9.08. The van der Waals surface area contributed by atoms with Gasteiger partial charge in [0.15, 0.2) is 5.82 Å². The lowest BCUT2D eigenvalue weighted by Gasteiger charge is -2.12. The van der Waals surface area contributed by atoms with Crippen molar-refractivity contribution in [3.8, 4) is 5.82 Å². The molecule has 0 aromatic carbocycles. The largest absolute Gasteiger partial charge is 0.327 e. The van der Waals surface area contributed by atoms with Gasteiger partial charge in [-0.3, -0.25) is 9.36 Å². The van der Waals surface area contributed by atoms with E-state index in [1.54, 1.807) is 37.6 Å². The zero-order valence-electron chi connectivity index (χ0n) is 11.0. The third kappa shape index (κ3) is 3.17. The Morgan fingerprint density at radius 1 is 1.47 bits per heavy atom. The van der Waals surface area contributed by atoms with Crippen LogP contribution < -0.4 is 11.1 Å². The smallest absolute Gasteiger partial charge is 0.226 e. The quantitative estimate of drug-likeness (QED) is 0.865. The Bertz CT molecular complexity index is 576. The number of nitrogens with zero attached hydrogens (tertiary/aromatic N) is 3. The lowest BCUT2D eigenvalue weighted by atomic mass is 10.2. The Kier molecular flexibility index (Phi) is 3.91. The van der Waals surface area contributed by atoms with Gasteiger partial charge in [-0.05, 0) is 26.0 Å². The SMILES string of the molecule is Cc1nccn1-c1ncccc1NC(=O)CC(C)N. The Hall–Kier alpha value is -2.21. The van der Waals surface area contributed by atoms with Crippen LogP contribution in [-0.4, -0.2) is 26.5 Å². The van der Waals surface area contributed by atoms with Gasteiger partial charge in [0.2, 0.25) is 5.91 Å². The van der Waals surface area contributed by atoms with E-state index in [4.69, 9.17) is 5.73 Å². The molecule has 1 amide bonds. The molecule has 6 heteroatoms. The van der Waals surface area contributed by atoms with Crippen molar-refractivity contribution in [2.45, 2.75) is 26.3 Å². The number of hydrogen-bond donors (Lipinski definition) is 2. The lowest BCUT2D eigenvalue weighted by Crippen LogP contribution is -2.24. The molecule has 6 nitrogen and oxygen atoms in total. The third-order valence-corrected chi connectivity index (χ3v) is 2.62. The van der Waals surface area contributed by atoms with E-state index in [1.165, 1.54) is 0 Å². The van der Waals surface area contributed by atoms with Gasteiger partial charge in [0, 0.05) is 31.1 Å². The van der Waals surface area contributed by atoms with Crippen molar-refractivity contribution in [2.75, 3.05) is 5.32 Å². The summed E-state index contributed by atoms with van der Waals surface area (Å²) in [4.78, 5) is 20.2. The third-order valence-electron chi connectivity index (χ3n) is 2.62. The molecule has 0 spiro atoms. The molecule has 3 N–H and O–H groups in total. The minimum atomic E-state index is -0.171. The Morgan fingerprint density at radius 3 is 2.89 bits per heavy atom. The number of rotatable bonds is 4. The zero-order chi connectivity index (χ0) is 13.8. The first-order valence-corrected chi connectivity index (χ1v) is 6.08. The highest BCUT2D eigenvalue weighted by Gasteiger charge is 2.11. The van der Waals surface area contributed by atoms with Gasteiger partial charge in [-0.2, -0.15) is 0 Å². The van der Waals surface area contributed by atoms with Gasteiger partial charge in [0.1, 0.15) is 5.82 Å². The topological polar surface area (TPSA) is 85.8 Å². The molecule has 0 aliphatic rings. The van der Waals surface area contributed by atoms with Gasteiger partial charge >= 0.3 is 0 Å². The van der Waals surface area contributed by atoms with Crippen molar-refractivity contribution in [3.63, 3.8) is 0 Å². The second-order valence-electron chi connectivity index (χ2n) is 4.45. The van der Waals surface area contributed by atoms with Crippen LogP contribution in [0, 0.1) is 6.92 Å². The first kappa shape index (κ1) is 13.2.